The second-order valence-corrected chi connectivity index (χ2v) is 5.92. The summed E-state index contributed by atoms with van der Waals surface area (Å²) in [6.07, 6.45) is 7.02. The lowest BCUT2D eigenvalue weighted by molar-refractivity contribution is -0.137. The van der Waals surface area contributed by atoms with Gasteiger partial charge in [-0.15, -0.1) is 0 Å². The van der Waals surface area contributed by atoms with E-state index in [0.717, 1.165) is 36.3 Å². The zero-order valence-electron chi connectivity index (χ0n) is 13.5. The van der Waals surface area contributed by atoms with Crippen molar-refractivity contribution in [3.8, 4) is 11.5 Å². The van der Waals surface area contributed by atoms with Gasteiger partial charge in [-0.25, -0.2) is 0 Å². The molecule has 3 rings (SSSR count). The second-order valence-electron chi connectivity index (χ2n) is 5.92. The minimum Gasteiger partial charge on any atom is -0.454 e. The Morgan fingerprint density at radius 3 is 2.96 bits per heavy atom. The zero-order chi connectivity index (χ0) is 16.1. The molecular formula is C18H23NO4. The molecule has 0 fully saturated rings. The lowest BCUT2D eigenvalue weighted by atomic mass is 9.93. The summed E-state index contributed by atoms with van der Waals surface area (Å²) in [7, 11) is 1.66. The van der Waals surface area contributed by atoms with E-state index < -0.39 is 0 Å². The van der Waals surface area contributed by atoms with Gasteiger partial charge in [0.15, 0.2) is 11.5 Å². The third kappa shape index (κ3) is 3.85. The van der Waals surface area contributed by atoms with E-state index >= 15 is 0 Å². The van der Waals surface area contributed by atoms with Crippen molar-refractivity contribution in [1.82, 2.24) is 4.90 Å². The number of carbonyl (C=O) groups excluding carboxylic acids is 1. The van der Waals surface area contributed by atoms with Crippen LogP contribution in [0.5, 0.6) is 11.5 Å². The minimum absolute atomic E-state index is 0.0888. The maximum absolute atomic E-state index is 12.8. The number of carbonyl (C=O) groups is 1. The lowest BCUT2D eigenvalue weighted by Crippen LogP contribution is -2.38. The van der Waals surface area contributed by atoms with E-state index in [4.69, 9.17) is 14.2 Å². The van der Waals surface area contributed by atoms with Crippen molar-refractivity contribution in [3.05, 3.63) is 35.9 Å². The van der Waals surface area contributed by atoms with Crippen LogP contribution in [0, 0.1) is 5.92 Å². The smallest absolute Gasteiger partial charge is 0.231 e. The number of allylic oxidation sites excluding steroid dienone is 2. The highest BCUT2D eigenvalue weighted by molar-refractivity contribution is 5.79. The highest BCUT2D eigenvalue weighted by atomic mass is 16.7. The van der Waals surface area contributed by atoms with Gasteiger partial charge in [-0.3, -0.25) is 4.79 Å². The predicted molar refractivity (Wildman–Crippen MR) is 86.3 cm³/mol. The van der Waals surface area contributed by atoms with Gasteiger partial charge in [-0.1, -0.05) is 18.2 Å². The maximum Gasteiger partial charge on any atom is 0.231 e. The zero-order valence-corrected chi connectivity index (χ0v) is 13.5. The molecule has 2 aliphatic rings. The van der Waals surface area contributed by atoms with Crippen LogP contribution in [0.3, 0.4) is 0 Å². The normalized spacial score (nSPS) is 18.9. The van der Waals surface area contributed by atoms with E-state index in [1.807, 2.05) is 23.1 Å². The van der Waals surface area contributed by atoms with Crippen LogP contribution in [-0.4, -0.2) is 37.9 Å². The number of hydrogen-bond acceptors (Lipinski definition) is 4. The topological polar surface area (TPSA) is 48.0 Å². The first kappa shape index (κ1) is 15.9. The summed E-state index contributed by atoms with van der Waals surface area (Å²) in [4.78, 5) is 14.7. The summed E-state index contributed by atoms with van der Waals surface area (Å²) in [5.74, 6) is 1.82. The third-order valence-electron chi connectivity index (χ3n) is 4.31. The number of fused-ring (bicyclic) bond motifs is 1. The number of rotatable bonds is 6. The Balaban J connectivity index is 1.70. The summed E-state index contributed by atoms with van der Waals surface area (Å²) in [5.41, 5.74) is 1.05. The summed E-state index contributed by atoms with van der Waals surface area (Å²) in [6.45, 7) is 1.97. The fraction of sp³-hybridized carbons (Fsp3) is 0.500. The summed E-state index contributed by atoms with van der Waals surface area (Å²) in [6, 6.07) is 5.84. The first-order chi connectivity index (χ1) is 11.3. The number of ether oxygens (including phenoxy) is 3. The van der Waals surface area contributed by atoms with Crippen molar-refractivity contribution in [1.29, 1.82) is 0 Å². The predicted octanol–water partition coefficient (Wildman–Crippen LogP) is 2.75. The van der Waals surface area contributed by atoms with E-state index in [2.05, 4.69) is 12.2 Å². The van der Waals surface area contributed by atoms with Gasteiger partial charge in [0.1, 0.15) is 0 Å². The molecule has 1 aliphatic heterocycles. The van der Waals surface area contributed by atoms with Gasteiger partial charge in [0.25, 0.3) is 0 Å². The molecule has 0 spiro atoms. The van der Waals surface area contributed by atoms with Crippen LogP contribution in [-0.2, 0) is 16.1 Å². The Bertz CT molecular complexity index is 584. The van der Waals surface area contributed by atoms with Crippen molar-refractivity contribution >= 4 is 5.91 Å². The van der Waals surface area contributed by atoms with E-state index in [1.54, 1.807) is 7.11 Å². The number of hydrogen-bond donors (Lipinski definition) is 0. The first-order valence-electron chi connectivity index (χ1n) is 8.09. The molecule has 0 aromatic heterocycles. The van der Waals surface area contributed by atoms with Crippen LogP contribution in [0.25, 0.3) is 0 Å². The third-order valence-corrected chi connectivity index (χ3v) is 4.31. The number of benzene rings is 1. The summed E-state index contributed by atoms with van der Waals surface area (Å²) < 4.78 is 15.9. The van der Waals surface area contributed by atoms with Crippen LogP contribution in [0.4, 0.5) is 0 Å². The van der Waals surface area contributed by atoms with Crippen molar-refractivity contribution < 1.29 is 19.0 Å². The molecule has 0 saturated carbocycles. The molecule has 1 heterocycles. The van der Waals surface area contributed by atoms with Gasteiger partial charge in [-0.05, 0) is 37.0 Å². The average Bonchev–Trinajstić information content (AvgIpc) is 3.06. The fourth-order valence-electron chi connectivity index (χ4n) is 3.00. The number of methoxy groups -OCH3 is 1. The van der Waals surface area contributed by atoms with Crippen LogP contribution in [0.2, 0.25) is 0 Å². The molecule has 0 saturated heterocycles. The Morgan fingerprint density at radius 1 is 1.30 bits per heavy atom. The molecule has 1 amide bonds. The first-order valence-corrected chi connectivity index (χ1v) is 8.09. The van der Waals surface area contributed by atoms with E-state index in [1.165, 1.54) is 0 Å². The lowest BCUT2D eigenvalue weighted by Gasteiger charge is -2.28. The monoisotopic (exact) mass is 317 g/mol. The van der Waals surface area contributed by atoms with Gasteiger partial charge in [0.05, 0.1) is 6.61 Å². The van der Waals surface area contributed by atoms with Crippen LogP contribution < -0.4 is 9.47 Å². The Kier molecular flexibility index (Phi) is 5.18. The van der Waals surface area contributed by atoms with Crippen LogP contribution in [0.15, 0.2) is 30.4 Å². The second kappa shape index (κ2) is 7.51. The molecule has 0 bridgehead atoms. The molecule has 1 unspecified atom stereocenters. The van der Waals surface area contributed by atoms with Crippen molar-refractivity contribution in [2.45, 2.75) is 25.8 Å². The maximum atomic E-state index is 12.8. The van der Waals surface area contributed by atoms with Gasteiger partial charge in [-0.2, -0.15) is 0 Å². The van der Waals surface area contributed by atoms with Gasteiger partial charge < -0.3 is 19.1 Å². The molecule has 1 atom stereocenters. The van der Waals surface area contributed by atoms with Crippen LogP contribution in [0.1, 0.15) is 24.8 Å². The van der Waals surface area contributed by atoms with E-state index in [-0.39, 0.29) is 18.6 Å². The molecule has 5 heteroatoms. The summed E-state index contributed by atoms with van der Waals surface area (Å²) in [5, 5.41) is 0. The van der Waals surface area contributed by atoms with Gasteiger partial charge >= 0.3 is 0 Å². The fourth-order valence-corrected chi connectivity index (χ4v) is 3.00. The molecule has 1 aromatic rings. The van der Waals surface area contributed by atoms with E-state index in [0.29, 0.717) is 19.7 Å². The Labute approximate surface area is 136 Å². The molecule has 0 radical (unpaired) electrons. The Hall–Kier alpha value is -2.01. The highest BCUT2D eigenvalue weighted by Crippen LogP contribution is 2.33. The molecule has 5 nitrogen and oxygen atoms in total. The van der Waals surface area contributed by atoms with Gasteiger partial charge in [0, 0.05) is 26.1 Å². The standard InChI is InChI=1S/C18H23NO4/c1-21-10-9-19(18(20)15-5-3-2-4-6-15)12-14-7-8-16-17(11-14)23-13-22-16/h2-3,7-8,11,15H,4-6,9-10,12-13H2,1H3. The SMILES string of the molecule is COCCN(Cc1ccc2c(c1)OCO2)C(=O)C1CC=CCC1. The molecule has 0 N–H and O–H groups in total. The number of amides is 1. The van der Waals surface area contributed by atoms with Crippen molar-refractivity contribution in [2.24, 2.45) is 5.92 Å². The largest absolute Gasteiger partial charge is 0.454 e. The molecule has 1 aliphatic carbocycles. The van der Waals surface area contributed by atoms with Crippen molar-refractivity contribution in [3.63, 3.8) is 0 Å². The van der Waals surface area contributed by atoms with Crippen LogP contribution >= 0.6 is 0 Å². The average molecular weight is 317 g/mol. The van der Waals surface area contributed by atoms with E-state index in [9.17, 15) is 4.79 Å². The Morgan fingerprint density at radius 2 is 2.17 bits per heavy atom. The highest BCUT2D eigenvalue weighted by Gasteiger charge is 2.25. The molecular weight excluding hydrogens is 294 g/mol. The van der Waals surface area contributed by atoms with Crippen molar-refractivity contribution in [2.75, 3.05) is 27.1 Å². The minimum atomic E-state index is 0.0888. The molecule has 124 valence electrons. The molecule has 1 aromatic carbocycles. The van der Waals surface area contributed by atoms with Gasteiger partial charge in [0.2, 0.25) is 12.7 Å². The quantitative estimate of drug-likeness (QED) is 0.757. The summed E-state index contributed by atoms with van der Waals surface area (Å²) >= 11 is 0. The molecule has 23 heavy (non-hydrogen) atoms. The number of nitrogens with zero attached hydrogens (tertiary/aromatic N) is 1.